The van der Waals surface area contributed by atoms with Gasteiger partial charge in [0.1, 0.15) is 11.6 Å². The predicted molar refractivity (Wildman–Crippen MR) is 65.2 cm³/mol. The van der Waals surface area contributed by atoms with E-state index in [9.17, 15) is 4.39 Å². The number of halogens is 1. The Kier molecular flexibility index (Phi) is 3.70. The van der Waals surface area contributed by atoms with Gasteiger partial charge in [0.2, 0.25) is 0 Å². The van der Waals surface area contributed by atoms with E-state index in [4.69, 9.17) is 11.0 Å². The minimum absolute atomic E-state index is 0.325. The molecule has 18 heavy (non-hydrogen) atoms. The maximum absolute atomic E-state index is 13.3. The molecule has 0 spiro atoms. The van der Waals surface area contributed by atoms with Crippen molar-refractivity contribution in [3.8, 4) is 6.07 Å². The van der Waals surface area contributed by atoms with E-state index in [1.807, 2.05) is 16.8 Å². The number of nitrogens with zero attached hydrogens (tertiary/aromatic N) is 3. The second kappa shape index (κ2) is 5.43. The van der Waals surface area contributed by atoms with Gasteiger partial charge in [-0.05, 0) is 30.3 Å². The third-order valence-electron chi connectivity index (χ3n) is 2.61. The molecule has 1 aromatic carbocycles. The summed E-state index contributed by atoms with van der Waals surface area (Å²) in [6.45, 7) is 1.01. The summed E-state index contributed by atoms with van der Waals surface area (Å²) in [7, 11) is 0. The highest BCUT2D eigenvalue weighted by Crippen LogP contribution is 2.11. The summed E-state index contributed by atoms with van der Waals surface area (Å²) in [5.41, 5.74) is 6.56. The van der Waals surface area contributed by atoms with E-state index < -0.39 is 5.82 Å². The maximum atomic E-state index is 13.3. The minimum atomic E-state index is -0.399. The van der Waals surface area contributed by atoms with Gasteiger partial charge in [-0.2, -0.15) is 5.26 Å². The van der Waals surface area contributed by atoms with Crippen molar-refractivity contribution in [2.24, 2.45) is 5.73 Å². The number of aromatic nitrogens is 2. The first-order valence-electron chi connectivity index (χ1n) is 5.62. The van der Waals surface area contributed by atoms with Crippen molar-refractivity contribution in [2.75, 3.05) is 6.54 Å². The molecule has 0 radical (unpaired) electrons. The number of hydrogen-bond donors (Lipinski definition) is 1. The number of benzene rings is 1. The summed E-state index contributed by atoms with van der Waals surface area (Å²) in [5, 5.41) is 8.80. The molecule has 0 fully saturated rings. The van der Waals surface area contributed by atoms with Crippen LogP contribution in [0.15, 0.2) is 30.6 Å². The molecule has 0 amide bonds. The van der Waals surface area contributed by atoms with Gasteiger partial charge in [0.15, 0.2) is 0 Å². The Morgan fingerprint density at radius 3 is 2.94 bits per heavy atom. The van der Waals surface area contributed by atoms with Crippen LogP contribution in [0.1, 0.15) is 17.0 Å². The lowest BCUT2D eigenvalue weighted by atomic mass is 10.1. The summed E-state index contributed by atoms with van der Waals surface area (Å²) in [5.74, 6) is 0.463. The molecule has 2 rings (SSSR count). The monoisotopic (exact) mass is 244 g/mol. The molecule has 0 saturated heterocycles. The van der Waals surface area contributed by atoms with E-state index in [1.165, 1.54) is 12.1 Å². The Labute approximate surface area is 104 Å². The molecule has 5 heteroatoms. The van der Waals surface area contributed by atoms with Gasteiger partial charge in [-0.3, -0.25) is 0 Å². The Hall–Kier alpha value is -2.19. The van der Waals surface area contributed by atoms with Crippen LogP contribution in [-0.4, -0.2) is 16.1 Å². The standard InChI is InChI=1S/C13H13FN4/c14-12-6-10(8-16)5-11(7-12)9-18-4-3-17-13(18)1-2-15/h3-7H,1-2,9,15H2. The molecule has 2 N–H and O–H groups in total. The highest BCUT2D eigenvalue weighted by Gasteiger charge is 2.05. The quantitative estimate of drug-likeness (QED) is 0.885. The van der Waals surface area contributed by atoms with Crippen LogP contribution in [0, 0.1) is 17.1 Å². The average molecular weight is 244 g/mol. The highest BCUT2D eigenvalue weighted by atomic mass is 19.1. The molecule has 0 atom stereocenters. The van der Waals surface area contributed by atoms with Crippen LogP contribution in [0.2, 0.25) is 0 Å². The van der Waals surface area contributed by atoms with E-state index in [0.717, 1.165) is 11.4 Å². The van der Waals surface area contributed by atoms with Crippen molar-refractivity contribution in [3.63, 3.8) is 0 Å². The fraction of sp³-hybridized carbons (Fsp3) is 0.231. The molecule has 1 heterocycles. The fourth-order valence-electron chi connectivity index (χ4n) is 1.84. The van der Waals surface area contributed by atoms with E-state index in [-0.39, 0.29) is 0 Å². The third kappa shape index (κ3) is 2.73. The Bertz CT molecular complexity index is 583. The zero-order valence-corrected chi connectivity index (χ0v) is 9.81. The van der Waals surface area contributed by atoms with Gasteiger partial charge >= 0.3 is 0 Å². The van der Waals surface area contributed by atoms with Gasteiger partial charge in [-0.1, -0.05) is 0 Å². The van der Waals surface area contributed by atoms with Gasteiger partial charge in [0.05, 0.1) is 11.6 Å². The second-order valence-corrected chi connectivity index (χ2v) is 3.97. The lowest BCUT2D eigenvalue weighted by molar-refractivity contribution is 0.621. The summed E-state index contributed by atoms with van der Waals surface area (Å²) in [4.78, 5) is 4.19. The van der Waals surface area contributed by atoms with E-state index in [2.05, 4.69) is 4.98 Å². The highest BCUT2D eigenvalue weighted by molar-refractivity contribution is 5.33. The van der Waals surface area contributed by atoms with Crippen molar-refractivity contribution in [1.82, 2.24) is 9.55 Å². The van der Waals surface area contributed by atoms with Crippen LogP contribution in [0.5, 0.6) is 0 Å². The maximum Gasteiger partial charge on any atom is 0.124 e. The van der Waals surface area contributed by atoms with Crippen LogP contribution < -0.4 is 5.73 Å². The molecule has 2 aromatic rings. The lowest BCUT2D eigenvalue weighted by Crippen LogP contribution is -2.10. The SMILES string of the molecule is N#Cc1cc(F)cc(Cn2ccnc2CCN)c1. The van der Waals surface area contributed by atoms with E-state index >= 15 is 0 Å². The average Bonchev–Trinajstić information content (AvgIpc) is 2.76. The number of hydrogen-bond acceptors (Lipinski definition) is 3. The van der Waals surface area contributed by atoms with E-state index in [0.29, 0.717) is 25.1 Å². The molecule has 0 bridgehead atoms. The Morgan fingerprint density at radius 1 is 1.39 bits per heavy atom. The van der Waals surface area contributed by atoms with Crippen molar-refractivity contribution in [2.45, 2.75) is 13.0 Å². The van der Waals surface area contributed by atoms with Crippen molar-refractivity contribution in [3.05, 3.63) is 53.4 Å². The Morgan fingerprint density at radius 2 is 2.22 bits per heavy atom. The minimum Gasteiger partial charge on any atom is -0.330 e. The van der Waals surface area contributed by atoms with Crippen LogP contribution in [0.4, 0.5) is 4.39 Å². The summed E-state index contributed by atoms with van der Waals surface area (Å²) >= 11 is 0. The van der Waals surface area contributed by atoms with Crippen molar-refractivity contribution < 1.29 is 4.39 Å². The van der Waals surface area contributed by atoms with Crippen LogP contribution in [-0.2, 0) is 13.0 Å². The Balaban J connectivity index is 2.26. The molecule has 1 aromatic heterocycles. The smallest absolute Gasteiger partial charge is 0.124 e. The largest absolute Gasteiger partial charge is 0.330 e. The summed E-state index contributed by atoms with van der Waals surface area (Å²) < 4.78 is 15.2. The van der Waals surface area contributed by atoms with Crippen molar-refractivity contribution >= 4 is 0 Å². The van der Waals surface area contributed by atoms with Crippen LogP contribution in [0.3, 0.4) is 0 Å². The van der Waals surface area contributed by atoms with Gasteiger partial charge < -0.3 is 10.3 Å². The number of nitrogens with two attached hydrogens (primary N) is 1. The fourth-order valence-corrected chi connectivity index (χ4v) is 1.84. The first-order valence-corrected chi connectivity index (χ1v) is 5.62. The number of imidazole rings is 1. The van der Waals surface area contributed by atoms with Crippen LogP contribution in [0.25, 0.3) is 0 Å². The predicted octanol–water partition coefficient (Wildman–Crippen LogP) is 1.44. The topological polar surface area (TPSA) is 67.6 Å². The molecule has 0 aliphatic heterocycles. The zero-order chi connectivity index (χ0) is 13.0. The van der Waals surface area contributed by atoms with Crippen molar-refractivity contribution in [1.29, 1.82) is 5.26 Å². The number of nitriles is 1. The number of rotatable bonds is 4. The molecule has 92 valence electrons. The summed E-state index contributed by atoms with van der Waals surface area (Å²) in [6.07, 6.45) is 4.19. The summed E-state index contributed by atoms with van der Waals surface area (Å²) in [6, 6.07) is 6.26. The van der Waals surface area contributed by atoms with Crippen LogP contribution >= 0.6 is 0 Å². The molecule has 0 aliphatic carbocycles. The van der Waals surface area contributed by atoms with E-state index in [1.54, 1.807) is 12.3 Å². The van der Waals surface area contributed by atoms with Gasteiger partial charge in [0, 0.05) is 25.4 Å². The zero-order valence-electron chi connectivity index (χ0n) is 9.81. The molecule has 0 unspecified atom stereocenters. The van der Waals surface area contributed by atoms with Gasteiger partial charge in [0.25, 0.3) is 0 Å². The normalized spacial score (nSPS) is 10.3. The second-order valence-electron chi connectivity index (χ2n) is 3.97. The van der Waals surface area contributed by atoms with Gasteiger partial charge in [-0.25, -0.2) is 9.37 Å². The molecule has 4 nitrogen and oxygen atoms in total. The van der Waals surface area contributed by atoms with Gasteiger partial charge in [-0.15, -0.1) is 0 Å². The first-order chi connectivity index (χ1) is 8.72. The molecule has 0 saturated carbocycles. The molecular formula is C13H13FN4. The molecule has 0 aliphatic rings. The first kappa shape index (κ1) is 12.3. The lowest BCUT2D eigenvalue weighted by Gasteiger charge is -2.07. The third-order valence-corrected chi connectivity index (χ3v) is 2.61. The molecular weight excluding hydrogens is 231 g/mol.